The number of hydrogen-bond acceptors (Lipinski definition) is 4. The van der Waals surface area contributed by atoms with E-state index in [1.807, 2.05) is 13.1 Å². The first-order valence-electron chi connectivity index (χ1n) is 3.71. The Morgan fingerprint density at radius 1 is 1.50 bits per heavy atom. The van der Waals surface area contributed by atoms with E-state index in [0.29, 0.717) is 6.54 Å². The van der Waals surface area contributed by atoms with Crippen LogP contribution in [-0.2, 0) is 0 Å². The fraction of sp³-hybridized carbons (Fsp3) is 0.250. The maximum absolute atomic E-state index is 4.01. The maximum atomic E-state index is 4.01. The predicted molar refractivity (Wildman–Crippen MR) is 50.3 cm³/mol. The van der Waals surface area contributed by atoms with E-state index < -0.39 is 0 Å². The molecule has 0 amide bonds. The van der Waals surface area contributed by atoms with Gasteiger partial charge in [0.05, 0.1) is 0 Å². The first kappa shape index (κ1) is 8.52. The molecule has 0 aromatic carbocycles. The molecule has 0 atom stereocenters. The third-order valence-corrected chi connectivity index (χ3v) is 1.35. The minimum absolute atomic E-state index is 0.708. The molecular weight excluding hydrogens is 152 g/mol. The van der Waals surface area contributed by atoms with Crippen LogP contribution < -0.4 is 10.6 Å². The van der Waals surface area contributed by atoms with Gasteiger partial charge < -0.3 is 10.6 Å². The molecule has 0 aliphatic carbocycles. The topological polar surface area (TPSA) is 49.8 Å². The molecule has 2 N–H and O–H groups in total. The lowest BCUT2D eigenvalue weighted by atomic mass is 10.5. The number of nitrogens with one attached hydrogen (secondary N) is 2. The molecule has 0 saturated heterocycles. The third kappa shape index (κ3) is 2.23. The van der Waals surface area contributed by atoms with Gasteiger partial charge in [0.25, 0.3) is 0 Å². The molecule has 0 radical (unpaired) electrons. The predicted octanol–water partition coefficient (Wildman–Crippen LogP) is 1.12. The number of nitrogens with zero attached hydrogens (tertiary/aromatic N) is 2. The Bertz CT molecular complexity index is 259. The van der Waals surface area contributed by atoms with Crippen molar-refractivity contribution in [1.82, 2.24) is 9.97 Å². The van der Waals surface area contributed by atoms with E-state index in [4.69, 9.17) is 0 Å². The Kier molecular flexibility index (Phi) is 3.07. The van der Waals surface area contributed by atoms with Gasteiger partial charge in [-0.2, -0.15) is 0 Å². The third-order valence-electron chi connectivity index (χ3n) is 1.35. The highest BCUT2D eigenvalue weighted by Crippen LogP contribution is 2.06. The molecule has 1 aromatic heterocycles. The number of hydrogen-bond donors (Lipinski definition) is 2. The SMILES string of the molecule is C=CCNc1cc(NC)ncn1. The standard InChI is InChI=1S/C8H12N4/c1-3-4-10-8-5-7(9-2)11-6-12-8/h3,5-6H,1,4H2,2H3,(H2,9,10,11,12). The molecule has 0 fully saturated rings. The molecule has 0 aliphatic heterocycles. The molecular formula is C8H12N4. The maximum Gasteiger partial charge on any atom is 0.131 e. The summed E-state index contributed by atoms with van der Waals surface area (Å²) in [6, 6.07) is 1.84. The Balaban J connectivity index is 2.65. The first-order valence-corrected chi connectivity index (χ1v) is 3.71. The molecule has 4 heteroatoms. The van der Waals surface area contributed by atoms with Gasteiger partial charge in [0.2, 0.25) is 0 Å². The van der Waals surface area contributed by atoms with Crippen LogP contribution in [0.4, 0.5) is 11.6 Å². The average molecular weight is 164 g/mol. The summed E-state index contributed by atoms with van der Waals surface area (Å²) in [7, 11) is 1.82. The molecule has 64 valence electrons. The Hall–Kier alpha value is -1.58. The highest BCUT2D eigenvalue weighted by Gasteiger charge is 1.93. The van der Waals surface area contributed by atoms with Gasteiger partial charge in [-0.15, -0.1) is 6.58 Å². The second-order valence-electron chi connectivity index (χ2n) is 2.21. The van der Waals surface area contributed by atoms with Crippen molar-refractivity contribution in [3.63, 3.8) is 0 Å². The summed E-state index contributed by atoms with van der Waals surface area (Å²) >= 11 is 0. The first-order chi connectivity index (χ1) is 5.86. The number of aromatic nitrogens is 2. The molecule has 1 heterocycles. The van der Waals surface area contributed by atoms with Gasteiger partial charge >= 0.3 is 0 Å². The van der Waals surface area contributed by atoms with Crippen molar-refractivity contribution >= 4 is 11.6 Å². The Morgan fingerprint density at radius 3 is 2.92 bits per heavy atom. The van der Waals surface area contributed by atoms with Crippen LogP contribution in [0.5, 0.6) is 0 Å². The summed E-state index contributed by atoms with van der Waals surface area (Å²) in [5, 5.41) is 5.99. The van der Waals surface area contributed by atoms with Crippen LogP contribution in [0.25, 0.3) is 0 Å². The van der Waals surface area contributed by atoms with E-state index in [1.54, 1.807) is 6.08 Å². The van der Waals surface area contributed by atoms with Crippen LogP contribution in [0.15, 0.2) is 25.0 Å². The van der Waals surface area contributed by atoms with Crippen molar-refractivity contribution in [3.05, 3.63) is 25.0 Å². The van der Waals surface area contributed by atoms with E-state index >= 15 is 0 Å². The normalized spacial score (nSPS) is 9.08. The molecule has 4 nitrogen and oxygen atoms in total. The summed E-state index contributed by atoms with van der Waals surface area (Å²) in [6.07, 6.45) is 3.29. The van der Waals surface area contributed by atoms with Crippen LogP contribution in [0.2, 0.25) is 0 Å². The molecule has 0 bridgehead atoms. The second kappa shape index (κ2) is 4.33. The highest BCUT2D eigenvalue weighted by atomic mass is 15.0. The minimum Gasteiger partial charge on any atom is -0.373 e. The molecule has 0 unspecified atom stereocenters. The fourth-order valence-corrected chi connectivity index (χ4v) is 0.767. The summed E-state index contributed by atoms with van der Waals surface area (Å²) < 4.78 is 0. The van der Waals surface area contributed by atoms with Crippen molar-refractivity contribution in [3.8, 4) is 0 Å². The molecule has 12 heavy (non-hydrogen) atoms. The second-order valence-corrected chi connectivity index (χ2v) is 2.21. The highest BCUT2D eigenvalue weighted by molar-refractivity contribution is 5.46. The average Bonchev–Trinajstić information content (AvgIpc) is 2.15. The zero-order valence-corrected chi connectivity index (χ0v) is 7.04. The van der Waals surface area contributed by atoms with E-state index in [2.05, 4.69) is 27.2 Å². The zero-order chi connectivity index (χ0) is 8.81. The smallest absolute Gasteiger partial charge is 0.131 e. The zero-order valence-electron chi connectivity index (χ0n) is 7.04. The van der Waals surface area contributed by atoms with Gasteiger partial charge in [0.15, 0.2) is 0 Å². The van der Waals surface area contributed by atoms with Crippen LogP contribution in [-0.4, -0.2) is 23.6 Å². The van der Waals surface area contributed by atoms with Crippen LogP contribution in [0.3, 0.4) is 0 Å². The summed E-state index contributed by atoms with van der Waals surface area (Å²) in [6.45, 7) is 4.31. The molecule has 0 saturated carbocycles. The Labute approximate surface area is 71.7 Å². The summed E-state index contributed by atoms with van der Waals surface area (Å²) in [5.74, 6) is 1.60. The van der Waals surface area contributed by atoms with Crippen LogP contribution >= 0.6 is 0 Å². The van der Waals surface area contributed by atoms with Gasteiger partial charge in [-0.25, -0.2) is 9.97 Å². The monoisotopic (exact) mass is 164 g/mol. The van der Waals surface area contributed by atoms with Crippen molar-refractivity contribution in [1.29, 1.82) is 0 Å². The molecule has 0 spiro atoms. The van der Waals surface area contributed by atoms with E-state index in [0.717, 1.165) is 11.6 Å². The summed E-state index contributed by atoms with van der Waals surface area (Å²) in [4.78, 5) is 7.99. The quantitative estimate of drug-likeness (QED) is 0.655. The van der Waals surface area contributed by atoms with Crippen molar-refractivity contribution in [2.45, 2.75) is 0 Å². The van der Waals surface area contributed by atoms with Gasteiger partial charge in [0.1, 0.15) is 18.0 Å². The van der Waals surface area contributed by atoms with Crippen LogP contribution in [0, 0.1) is 0 Å². The number of rotatable bonds is 4. The molecule has 1 rings (SSSR count). The molecule has 1 aromatic rings. The van der Waals surface area contributed by atoms with Gasteiger partial charge in [-0.05, 0) is 0 Å². The van der Waals surface area contributed by atoms with E-state index in [-0.39, 0.29) is 0 Å². The van der Waals surface area contributed by atoms with E-state index in [9.17, 15) is 0 Å². The van der Waals surface area contributed by atoms with Crippen molar-refractivity contribution in [2.75, 3.05) is 24.2 Å². The van der Waals surface area contributed by atoms with Crippen LogP contribution in [0.1, 0.15) is 0 Å². The van der Waals surface area contributed by atoms with Gasteiger partial charge in [0, 0.05) is 19.7 Å². The lowest BCUT2D eigenvalue weighted by Gasteiger charge is -2.03. The van der Waals surface area contributed by atoms with Crippen molar-refractivity contribution in [2.24, 2.45) is 0 Å². The fourth-order valence-electron chi connectivity index (χ4n) is 0.767. The summed E-state index contributed by atoms with van der Waals surface area (Å²) in [5.41, 5.74) is 0. The van der Waals surface area contributed by atoms with E-state index in [1.165, 1.54) is 6.33 Å². The number of anilines is 2. The lowest BCUT2D eigenvalue weighted by molar-refractivity contribution is 1.13. The minimum atomic E-state index is 0.708. The van der Waals surface area contributed by atoms with Crippen molar-refractivity contribution < 1.29 is 0 Å². The van der Waals surface area contributed by atoms with Gasteiger partial charge in [-0.3, -0.25) is 0 Å². The Morgan fingerprint density at radius 2 is 2.25 bits per heavy atom. The molecule has 0 aliphatic rings. The van der Waals surface area contributed by atoms with Gasteiger partial charge in [-0.1, -0.05) is 6.08 Å². The lowest BCUT2D eigenvalue weighted by Crippen LogP contribution is -2.01. The largest absolute Gasteiger partial charge is 0.373 e.